The number of hydrogen-bond donors (Lipinski definition) is 1. The van der Waals surface area contributed by atoms with Crippen LogP contribution >= 0.6 is 0 Å². The van der Waals surface area contributed by atoms with Crippen molar-refractivity contribution < 1.29 is 9.59 Å². The minimum absolute atomic E-state index is 0.162. The molecule has 3 heterocycles. The van der Waals surface area contributed by atoms with Crippen molar-refractivity contribution in [1.29, 1.82) is 0 Å². The number of urea groups is 1. The number of hydrogen-bond acceptors (Lipinski definition) is 5. The van der Waals surface area contributed by atoms with E-state index in [1.807, 2.05) is 50.2 Å². The van der Waals surface area contributed by atoms with Crippen molar-refractivity contribution in [3.8, 4) is 0 Å². The van der Waals surface area contributed by atoms with Gasteiger partial charge in [-0.2, -0.15) is 0 Å². The molecule has 2 fully saturated rings. The molecule has 152 valence electrons. The van der Waals surface area contributed by atoms with Crippen LogP contribution < -0.4 is 10.2 Å². The lowest BCUT2D eigenvalue weighted by molar-refractivity contribution is -0.133. The van der Waals surface area contributed by atoms with Gasteiger partial charge in [-0.05, 0) is 31.0 Å². The van der Waals surface area contributed by atoms with Crippen LogP contribution in [-0.2, 0) is 10.3 Å². The molecule has 1 N–H and O–H groups in total. The Morgan fingerprint density at radius 1 is 1.00 bits per heavy atom. The third-order valence-corrected chi connectivity index (χ3v) is 5.99. The highest BCUT2D eigenvalue weighted by Crippen LogP contribution is 2.32. The molecule has 3 amide bonds. The highest BCUT2D eigenvalue weighted by molar-refractivity contribution is 6.07. The van der Waals surface area contributed by atoms with Crippen molar-refractivity contribution in [1.82, 2.24) is 20.1 Å². The van der Waals surface area contributed by atoms with E-state index in [1.165, 1.54) is 4.90 Å². The number of carbonyl (C=O) groups is 2. The average molecular weight is 393 g/mol. The maximum Gasteiger partial charge on any atom is 0.326 e. The summed E-state index contributed by atoms with van der Waals surface area (Å²) in [4.78, 5) is 35.9. The second-order valence-corrected chi connectivity index (χ2v) is 7.74. The summed E-state index contributed by atoms with van der Waals surface area (Å²) < 4.78 is 0. The Bertz CT molecular complexity index is 878. The fraction of sp³-hybridized carbons (Fsp3) is 0.409. The summed E-state index contributed by atoms with van der Waals surface area (Å²) in [5.41, 5.74) is 2.15. The Labute approximate surface area is 171 Å². The van der Waals surface area contributed by atoms with Crippen molar-refractivity contribution in [2.75, 3.05) is 37.7 Å². The zero-order chi connectivity index (χ0) is 20.4. The molecule has 0 bridgehead atoms. The lowest BCUT2D eigenvalue weighted by atomic mass is 9.87. The first-order chi connectivity index (χ1) is 14.0. The number of aryl methyl sites for hydroxylation is 1. The van der Waals surface area contributed by atoms with E-state index in [-0.39, 0.29) is 11.9 Å². The molecule has 0 radical (unpaired) electrons. The molecule has 0 unspecified atom stereocenters. The monoisotopic (exact) mass is 393 g/mol. The molecule has 2 aliphatic heterocycles. The smallest absolute Gasteiger partial charge is 0.326 e. The molecular formula is C22H27N5O2. The zero-order valence-corrected chi connectivity index (χ0v) is 17.0. The summed E-state index contributed by atoms with van der Waals surface area (Å²) in [5.74, 6) is -0.162. The number of pyridine rings is 1. The van der Waals surface area contributed by atoms with Gasteiger partial charge in [0.25, 0.3) is 5.91 Å². The van der Waals surface area contributed by atoms with E-state index in [1.54, 1.807) is 12.4 Å². The molecule has 7 nitrogen and oxygen atoms in total. The van der Waals surface area contributed by atoms with Crippen LogP contribution in [0.25, 0.3) is 0 Å². The lowest BCUT2D eigenvalue weighted by Gasteiger charge is -2.37. The Kier molecular flexibility index (Phi) is 5.24. The molecule has 4 rings (SSSR count). The Morgan fingerprint density at radius 2 is 1.66 bits per heavy atom. The minimum Gasteiger partial charge on any atom is -0.369 e. The van der Waals surface area contributed by atoms with E-state index in [0.717, 1.165) is 43.0 Å². The third kappa shape index (κ3) is 3.58. The van der Waals surface area contributed by atoms with Crippen LogP contribution in [-0.4, -0.2) is 59.6 Å². The number of aromatic nitrogens is 1. The Balaban J connectivity index is 1.44. The van der Waals surface area contributed by atoms with Crippen molar-refractivity contribution in [3.63, 3.8) is 0 Å². The Hall–Kier alpha value is -2.93. The molecule has 29 heavy (non-hydrogen) atoms. The van der Waals surface area contributed by atoms with Crippen molar-refractivity contribution >= 4 is 17.6 Å². The zero-order valence-electron chi connectivity index (χ0n) is 17.0. The molecule has 1 aromatic carbocycles. The number of amides is 3. The first-order valence-corrected chi connectivity index (χ1v) is 10.1. The number of imide groups is 1. The maximum atomic E-state index is 13.3. The van der Waals surface area contributed by atoms with Gasteiger partial charge in [0.15, 0.2) is 0 Å². The fourth-order valence-corrected chi connectivity index (χ4v) is 4.13. The molecule has 7 heteroatoms. The van der Waals surface area contributed by atoms with Crippen LogP contribution in [0.2, 0.25) is 0 Å². The summed E-state index contributed by atoms with van der Waals surface area (Å²) in [5, 5.41) is 2.97. The summed E-state index contributed by atoms with van der Waals surface area (Å²) >= 11 is 0. The normalized spacial score (nSPS) is 22.8. The number of rotatable bonds is 5. The molecule has 2 aromatic rings. The minimum atomic E-state index is -0.969. The van der Waals surface area contributed by atoms with E-state index in [0.29, 0.717) is 13.1 Å². The van der Waals surface area contributed by atoms with Crippen LogP contribution in [0.15, 0.2) is 48.8 Å². The number of piperazine rings is 1. The topological polar surface area (TPSA) is 68.8 Å². The predicted molar refractivity (Wildman–Crippen MR) is 111 cm³/mol. The van der Waals surface area contributed by atoms with Gasteiger partial charge < -0.3 is 10.2 Å². The van der Waals surface area contributed by atoms with E-state index in [4.69, 9.17) is 0 Å². The second kappa shape index (κ2) is 7.83. The largest absolute Gasteiger partial charge is 0.369 e. The van der Waals surface area contributed by atoms with Crippen LogP contribution in [0.3, 0.4) is 0 Å². The SMILES string of the molecule is CC[C@@]1(c2ccc(C)cc2)NC(=O)N(CN2CCN(c3ccncc3)CC2)C1=O. The third-order valence-electron chi connectivity index (χ3n) is 5.99. The van der Waals surface area contributed by atoms with Gasteiger partial charge in [0.2, 0.25) is 0 Å². The number of nitrogens with one attached hydrogen (secondary N) is 1. The number of carbonyl (C=O) groups excluding carboxylic acids is 2. The first-order valence-electron chi connectivity index (χ1n) is 10.1. The van der Waals surface area contributed by atoms with Crippen LogP contribution in [0.5, 0.6) is 0 Å². The van der Waals surface area contributed by atoms with Gasteiger partial charge in [0, 0.05) is 44.3 Å². The lowest BCUT2D eigenvalue weighted by Crippen LogP contribution is -2.51. The van der Waals surface area contributed by atoms with E-state index in [9.17, 15) is 9.59 Å². The standard InChI is InChI=1S/C22H27N5O2/c1-3-22(18-6-4-17(2)5-7-18)20(28)27(21(29)24-22)16-25-12-14-26(15-13-25)19-8-10-23-11-9-19/h4-11H,3,12-16H2,1-2H3,(H,24,29)/t22-/m0/s1. The van der Waals surface area contributed by atoms with Gasteiger partial charge >= 0.3 is 6.03 Å². The van der Waals surface area contributed by atoms with E-state index < -0.39 is 5.54 Å². The van der Waals surface area contributed by atoms with Gasteiger partial charge in [-0.3, -0.25) is 14.7 Å². The fourth-order valence-electron chi connectivity index (χ4n) is 4.13. The highest BCUT2D eigenvalue weighted by Gasteiger charge is 2.51. The molecule has 0 spiro atoms. The first kappa shape index (κ1) is 19.4. The number of anilines is 1. The molecular weight excluding hydrogens is 366 g/mol. The quantitative estimate of drug-likeness (QED) is 0.790. The summed E-state index contributed by atoms with van der Waals surface area (Å²) in [6.45, 7) is 7.56. The molecule has 2 aliphatic rings. The van der Waals surface area contributed by atoms with Crippen LogP contribution in [0.1, 0.15) is 24.5 Å². The summed E-state index contributed by atoms with van der Waals surface area (Å²) in [6, 6.07) is 11.5. The van der Waals surface area contributed by atoms with Gasteiger partial charge in [-0.15, -0.1) is 0 Å². The van der Waals surface area contributed by atoms with E-state index in [2.05, 4.69) is 20.1 Å². The van der Waals surface area contributed by atoms with Crippen LogP contribution in [0.4, 0.5) is 10.5 Å². The maximum absolute atomic E-state index is 13.3. The van der Waals surface area contributed by atoms with Gasteiger partial charge in [0.05, 0.1) is 6.67 Å². The van der Waals surface area contributed by atoms with Gasteiger partial charge in [-0.25, -0.2) is 9.69 Å². The summed E-state index contributed by atoms with van der Waals surface area (Å²) in [6.07, 6.45) is 4.11. The van der Waals surface area contributed by atoms with E-state index >= 15 is 0 Å². The molecule has 2 saturated heterocycles. The number of nitrogens with zero attached hydrogens (tertiary/aromatic N) is 4. The molecule has 1 aromatic heterocycles. The van der Waals surface area contributed by atoms with Gasteiger partial charge in [0.1, 0.15) is 5.54 Å². The second-order valence-electron chi connectivity index (χ2n) is 7.74. The molecule has 1 atom stereocenters. The van der Waals surface area contributed by atoms with Crippen molar-refractivity contribution in [2.45, 2.75) is 25.8 Å². The van der Waals surface area contributed by atoms with Crippen LogP contribution in [0, 0.1) is 6.92 Å². The molecule has 0 saturated carbocycles. The Morgan fingerprint density at radius 3 is 2.28 bits per heavy atom. The van der Waals surface area contributed by atoms with Crippen molar-refractivity contribution in [2.24, 2.45) is 0 Å². The van der Waals surface area contributed by atoms with Gasteiger partial charge in [-0.1, -0.05) is 36.8 Å². The average Bonchev–Trinajstić information content (AvgIpc) is 3.00. The predicted octanol–water partition coefficient (Wildman–Crippen LogP) is 2.33. The number of benzene rings is 1. The molecule has 0 aliphatic carbocycles. The summed E-state index contributed by atoms with van der Waals surface area (Å²) in [7, 11) is 0. The van der Waals surface area contributed by atoms with Crippen molar-refractivity contribution in [3.05, 3.63) is 59.9 Å². The highest BCUT2D eigenvalue weighted by atomic mass is 16.2.